The lowest BCUT2D eigenvalue weighted by Crippen LogP contribution is -1.86. The van der Waals surface area contributed by atoms with Crippen LogP contribution in [-0.2, 0) is 0 Å². The maximum absolute atomic E-state index is 6.09. The quantitative estimate of drug-likeness (QED) is 0.603. The van der Waals surface area contributed by atoms with Crippen LogP contribution in [0.1, 0.15) is 5.56 Å². The molecule has 0 aliphatic carbocycles. The lowest BCUT2D eigenvalue weighted by Gasteiger charge is -2.06. The third kappa shape index (κ3) is 1.98. The standard InChI is InChI=1S/C16H12ClN/c1-11-7-15(17)9-13-8-14(10-18-16(11)13)12-5-3-2-4-6-12/h2-10H,1H3. The van der Waals surface area contributed by atoms with Crippen molar-refractivity contribution < 1.29 is 0 Å². The second-order valence-corrected chi connectivity index (χ2v) is 4.82. The molecule has 0 amide bonds. The summed E-state index contributed by atoms with van der Waals surface area (Å²) in [5.41, 5.74) is 4.41. The summed E-state index contributed by atoms with van der Waals surface area (Å²) in [6.07, 6.45) is 1.92. The van der Waals surface area contributed by atoms with Gasteiger partial charge in [-0.25, -0.2) is 0 Å². The van der Waals surface area contributed by atoms with Crippen molar-refractivity contribution >= 4 is 22.5 Å². The smallest absolute Gasteiger partial charge is 0.0732 e. The first-order valence-electron chi connectivity index (χ1n) is 5.85. The Labute approximate surface area is 111 Å². The van der Waals surface area contributed by atoms with Crippen LogP contribution >= 0.6 is 11.6 Å². The summed E-state index contributed by atoms with van der Waals surface area (Å²) in [6, 6.07) is 16.3. The monoisotopic (exact) mass is 253 g/mol. The Morgan fingerprint density at radius 2 is 1.72 bits per heavy atom. The van der Waals surface area contributed by atoms with Crippen molar-refractivity contribution in [3.8, 4) is 11.1 Å². The van der Waals surface area contributed by atoms with Gasteiger partial charge in [-0.1, -0.05) is 41.9 Å². The van der Waals surface area contributed by atoms with Gasteiger partial charge in [0.25, 0.3) is 0 Å². The van der Waals surface area contributed by atoms with E-state index in [9.17, 15) is 0 Å². The van der Waals surface area contributed by atoms with Gasteiger partial charge in [0, 0.05) is 22.2 Å². The first-order chi connectivity index (χ1) is 8.74. The molecule has 0 saturated carbocycles. The molecule has 0 saturated heterocycles. The van der Waals surface area contributed by atoms with Crippen LogP contribution in [-0.4, -0.2) is 4.98 Å². The van der Waals surface area contributed by atoms with E-state index >= 15 is 0 Å². The van der Waals surface area contributed by atoms with E-state index in [1.54, 1.807) is 0 Å². The molecule has 0 fully saturated rings. The van der Waals surface area contributed by atoms with Crippen molar-refractivity contribution in [1.29, 1.82) is 0 Å². The maximum atomic E-state index is 6.09. The van der Waals surface area contributed by atoms with Crippen molar-refractivity contribution in [3.05, 3.63) is 65.3 Å². The van der Waals surface area contributed by atoms with Gasteiger partial charge in [-0.05, 0) is 36.2 Å². The maximum Gasteiger partial charge on any atom is 0.0732 e. The molecular formula is C16H12ClN. The van der Waals surface area contributed by atoms with Crippen molar-refractivity contribution in [2.24, 2.45) is 0 Å². The number of nitrogens with zero attached hydrogens (tertiary/aromatic N) is 1. The lowest BCUT2D eigenvalue weighted by molar-refractivity contribution is 1.36. The van der Waals surface area contributed by atoms with Crippen LogP contribution in [0.15, 0.2) is 54.7 Å². The van der Waals surface area contributed by atoms with E-state index < -0.39 is 0 Å². The number of pyridine rings is 1. The van der Waals surface area contributed by atoms with E-state index in [1.165, 1.54) is 5.56 Å². The van der Waals surface area contributed by atoms with Gasteiger partial charge in [-0.2, -0.15) is 0 Å². The van der Waals surface area contributed by atoms with Crippen LogP contribution in [0.3, 0.4) is 0 Å². The summed E-state index contributed by atoms with van der Waals surface area (Å²) >= 11 is 6.09. The largest absolute Gasteiger partial charge is 0.255 e. The Kier molecular flexibility index (Phi) is 2.77. The molecule has 18 heavy (non-hydrogen) atoms. The fourth-order valence-corrected chi connectivity index (χ4v) is 2.46. The van der Waals surface area contributed by atoms with Crippen molar-refractivity contribution in [1.82, 2.24) is 4.98 Å². The first kappa shape index (κ1) is 11.2. The van der Waals surface area contributed by atoms with Gasteiger partial charge in [0.05, 0.1) is 5.52 Å². The van der Waals surface area contributed by atoms with Crippen LogP contribution in [0.25, 0.3) is 22.0 Å². The van der Waals surface area contributed by atoms with Crippen LogP contribution in [0.2, 0.25) is 5.02 Å². The summed E-state index contributed by atoms with van der Waals surface area (Å²) in [5.74, 6) is 0. The average Bonchev–Trinajstić information content (AvgIpc) is 2.39. The zero-order valence-electron chi connectivity index (χ0n) is 10.0. The highest BCUT2D eigenvalue weighted by atomic mass is 35.5. The SMILES string of the molecule is Cc1cc(Cl)cc2cc(-c3ccccc3)cnc12. The summed E-state index contributed by atoms with van der Waals surface area (Å²) in [7, 11) is 0. The normalized spacial score (nSPS) is 10.8. The molecule has 0 aliphatic rings. The Bertz CT molecular complexity index is 705. The number of fused-ring (bicyclic) bond motifs is 1. The number of aryl methyl sites for hydroxylation is 1. The van der Waals surface area contributed by atoms with Gasteiger partial charge in [0.15, 0.2) is 0 Å². The van der Waals surface area contributed by atoms with E-state index in [1.807, 2.05) is 43.5 Å². The van der Waals surface area contributed by atoms with Gasteiger partial charge >= 0.3 is 0 Å². The molecular weight excluding hydrogens is 242 g/mol. The lowest BCUT2D eigenvalue weighted by atomic mass is 10.0. The number of aromatic nitrogens is 1. The molecule has 0 radical (unpaired) electrons. The van der Waals surface area contributed by atoms with Crippen LogP contribution in [0.5, 0.6) is 0 Å². The molecule has 2 aromatic carbocycles. The van der Waals surface area contributed by atoms with Gasteiger partial charge in [-0.3, -0.25) is 4.98 Å². The van der Waals surface area contributed by atoms with E-state index in [-0.39, 0.29) is 0 Å². The van der Waals surface area contributed by atoms with Crippen molar-refractivity contribution in [2.45, 2.75) is 6.92 Å². The van der Waals surface area contributed by atoms with E-state index in [2.05, 4.69) is 23.2 Å². The van der Waals surface area contributed by atoms with E-state index in [4.69, 9.17) is 11.6 Å². The minimum atomic E-state index is 0.756. The van der Waals surface area contributed by atoms with Gasteiger partial charge in [-0.15, -0.1) is 0 Å². The number of rotatable bonds is 1. The Hall–Kier alpha value is -1.86. The zero-order valence-corrected chi connectivity index (χ0v) is 10.8. The Balaban J connectivity index is 2.23. The molecule has 0 spiro atoms. The van der Waals surface area contributed by atoms with Crippen LogP contribution in [0, 0.1) is 6.92 Å². The molecule has 0 unspecified atom stereocenters. The second kappa shape index (κ2) is 4.43. The highest BCUT2D eigenvalue weighted by Gasteiger charge is 2.04. The molecule has 88 valence electrons. The minimum Gasteiger partial charge on any atom is -0.255 e. The van der Waals surface area contributed by atoms with Gasteiger partial charge in [0.2, 0.25) is 0 Å². The number of halogens is 1. The summed E-state index contributed by atoms with van der Waals surface area (Å²) < 4.78 is 0. The zero-order chi connectivity index (χ0) is 12.5. The molecule has 0 aliphatic heterocycles. The molecule has 2 heteroatoms. The van der Waals surface area contributed by atoms with E-state index in [0.717, 1.165) is 27.1 Å². The first-order valence-corrected chi connectivity index (χ1v) is 6.23. The van der Waals surface area contributed by atoms with Crippen LogP contribution < -0.4 is 0 Å². The third-order valence-corrected chi connectivity index (χ3v) is 3.26. The van der Waals surface area contributed by atoms with Crippen molar-refractivity contribution in [3.63, 3.8) is 0 Å². The Morgan fingerprint density at radius 1 is 0.944 bits per heavy atom. The molecule has 0 N–H and O–H groups in total. The fraction of sp³-hybridized carbons (Fsp3) is 0.0625. The van der Waals surface area contributed by atoms with Crippen molar-refractivity contribution in [2.75, 3.05) is 0 Å². The molecule has 3 rings (SSSR count). The summed E-state index contributed by atoms with van der Waals surface area (Å²) in [4.78, 5) is 4.54. The average molecular weight is 254 g/mol. The highest BCUT2D eigenvalue weighted by molar-refractivity contribution is 6.31. The molecule has 1 nitrogen and oxygen atoms in total. The molecule has 1 heterocycles. The predicted octanol–water partition coefficient (Wildman–Crippen LogP) is 4.86. The topological polar surface area (TPSA) is 12.9 Å². The summed E-state index contributed by atoms with van der Waals surface area (Å²) in [6.45, 7) is 2.03. The number of hydrogen-bond donors (Lipinski definition) is 0. The molecule has 0 atom stereocenters. The van der Waals surface area contributed by atoms with Gasteiger partial charge in [0.1, 0.15) is 0 Å². The molecule has 0 bridgehead atoms. The molecule has 1 aromatic heterocycles. The fourth-order valence-electron chi connectivity index (χ4n) is 2.18. The predicted molar refractivity (Wildman–Crippen MR) is 76.9 cm³/mol. The Morgan fingerprint density at radius 3 is 2.50 bits per heavy atom. The van der Waals surface area contributed by atoms with E-state index in [0.29, 0.717) is 0 Å². The van der Waals surface area contributed by atoms with Crippen LogP contribution in [0.4, 0.5) is 0 Å². The number of benzene rings is 2. The van der Waals surface area contributed by atoms with Gasteiger partial charge < -0.3 is 0 Å². The second-order valence-electron chi connectivity index (χ2n) is 4.38. The minimum absolute atomic E-state index is 0.756. The summed E-state index contributed by atoms with van der Waals surface area (Å²) in [5, 5.41) is 1.84. The highest BCUT2D eigenvalue weighted by Crippen LogP contribution is 2.26. The third-order valence-electron chi connectivity index (χ3n) is 3.05. The molecule has 3 aromatic rings. The number of hydrogen-bond acceptors (Lipinski definition) is 1.